The largest absolute Gasteiger partial charge is 0.481 e. The number of aryl methyl sites for hydroxylation is 1. The minimum Gasteiger partial charge on any atom is -0.481 e. The normalized spacial score (nSPS) is 17.0. The first-order chi connectivity index (χ1) is 8.43. The van der Waals surface area contributed by atoms with Gasteiger partial charge >= 0.3 is 5.97 Å². The van der Waals surface area contributed by atoms with Gasteiger partial charge in [-0.2, -0.15) is 5.10 Å². The SMILES string of the molecule is Cc1c(C(=O)NC2(CC(=O)O)CCC2)cnn1C. The molecule has 0 saturated heterocycles. The van der Waals surface area contributed by atoms with Gasteiger partial charge in [0.05, 0.1) is 23.7 Å². The molecule has 0 radical (unpaired) electrons. The fourth-order valence-corrected chi connectivity index (χ4v) is 2.27. The van der Waals surface area contributed by atoms with Crippen LogP contribution in [0.25, 0.3) is 0 Å². The Morgan fingerprint density at radius 2 is 2.22 bits per heavy atom. The molecule has 1 aliphatic rings. The van der Waals surface area contributed by atoms with Gasteiger partial charge in [0.1, 0.15) is 0 Å². The molecule has 0 bridgehead atoms. The van der Waals surface area contributed by atoms with Crippen molar-refractivity contribution >= 4 is 11.9 Å². The number of hydrogen-bond acceptors (Lipinski definition) is 3. The zero-order chi connectivity index (χ0) is 13.3. The first-order valence-electron chi connectivity index (χ1n) is 5.96. The number of nitrogens with zero attached hydrogens (tertiary/aromatic N) is 2. The van der Waals surface area contributed by atoms with Crippen molar-refractivity contribution in [3.8, 4) is 0 Å². The third-order valence-electron chi connectivity index (χ3n) is 3.66. The molecule has 0 aromatic carbocycles. The van der Waals surface area contributed by atoms with E-state index < -0.39 is 11.5 Å². The molecule has 1 heterocycles. The van der Waals surface area contributed by atoms with Crippen LogP contribution in [0, 0.1) is 6.92 Å². The first kappa shape index (κ1) is 12.6. The van der Waals surface area contributed by atoms with Gasteiger partial charge in [-0.05, 0) is 26.2 Å². The summed E-state index contributed by atoms with van der Waals surface area (Å²) < 4.78 is 1.62. The van der Waals surface area contributed by atoms with E-state index in [2.05, 4.69) is 10.4 Å². The fraction of sp³-hybridized carbons (Fsp3) is 0.583. The molecule has 0 unspecified atom stereocenters. The van der Waals surface area contributed by atoms with E-state index in [0.717, 1.165) is 25.0 Å². The quantitative estimate of drug-likeness (QED) is 0.831. The predicted molar refractivity (Wildman–Crippen MR) is 64.2 cm³/mol. The molecule has 18 heavy (non-hydrogen) atoms. The standard InChI is InChI=1S/C12H17N3O3/c1-8-9(7-13-15(8)2)11(18)14-12(4-3-5-12)6-10(16)17/h7H,3-6H2,1-2H3,(H,14,18)(H,16,17). The van der Waals surface area contributed by atoms with Gasteiger partial charge in [0.2, 0.25) is 0 Å². The highest BCUT2D eigenvalue weighted by Crippen LogP contribution is 2.35. The summed E-state index contributed by atoms with van der Waals surface area (Å²) in [5.41, 5.74) is 0.719. The van der Waals surface area contributed by atoms with E-state index in [0.29, 0.717) is 5.56 Å². The van der Waals surface area contributed by atoms with Gasteiger partial charge in [-0.1, -0.05) is 0 Å². The number of amides is 1. The zero-order valence-electron chi connectivity index (χ0n) is 10.6. The number of carboxylic acids is 1. The highest BCUT2D eigenvalue weighted by molar-refractivity contribution is 5.95. The van der Waals surface area contributed by atoms with Crippen LogP contribution < -0.4 is 5.32 Å². The molecule has 2 rings (SSSR count). The molecular weight excluding hydrogens is 234 g/mol. The van der Waals surface area contributed by atoms with Crippen LogP contribution in [0.3, 0.4) is 0 Å². The van der Waals surface area contributed by atoms with Crippen molar-refractivity contribution in [1.82, 2.24) is 15.1 Å². The highest BCUT2D eigenvalue weighted by Gasteiger charge is 2.40. The molecule has 0 aliphatic heterocycles. The summed E-state index contributed by atoms with van der Waals surface area (Å²) in [5.74, 6) is -1.11. The summed E-state index contributed by atoms with van der Waals surface area (Å²) in [4.78, 5) is 22.9. The van der Waals surface area contributed by atoms with Crippen LogP contribution in [0.4, 0.5) is 0 Å². The zero-order valence-corrected chi connectivity index (χ0v) is 10.6. The van der Waals surface area contributed by atoms with Crippen molar-refractivity contribution < 1.29 is 14.7 Å². The second kappa shape index (κ2) is 4.44. The highest BCUT2D eigenvalue weighted by atomic mass is 16.4. The van der Waals surface area contributed by atoms with E-state index in [4.69, 9.17) is 5.11 Å². The van der Waals surface area contributed by atoms with Gasteiger partial charge in [0, 0.05) is 12.7 Å². The van der Waals surface area contributed by atoms with Crippen LogP contribution in [0.5, 0.6) is 0 Å². The van der Waals surface area contributed by atoms with Gasteiger partial charge in [0.15, 0.2) is 0 Å². The Hall–Kier alpha value is -1.85. The molecule has 1 aromatic heterocycles. The van der Waals surface area contributed by atoms with Crippen LogP contribution in [-0.4, -0.2) is 32.3 Å². The van der Waals surface area contributed by atoms with Crippen LogP contribution in [0.1, 0.15) is 41.7 Å². The van der Waals surface area contributed by atoms with Crippen molar-refractivity contribution in [3.63, 3.8) is 0 Å². The topological polar surface area (TPSA) is 84.2 Å². The molecule has 0 spiro atoms. The van der Waals surface area contributed by atoms with Crippen molar-refractivity contribution in [1.29, 1.82) is 0 Å². The molecule has 1 aliphatic carbocycles. The molecular formula is C12H17N3O3. The monoisotopic (exact) mass is 251 g/mol. The number of aliphatic carboxylic acids is 1. The van der Waals surface area contributed by atoms with Crippen LogP contribution >= 0.6 is 0 Å². The molecule has 1 saturated carbocycles. The summed E-state index contributed by atoms with van der Waals surface area (Å²) in [6, 6.07) is 0. The van der Waals surface area contributed by atoms with Gasteiger partial charge in [-0.3, -0.25) is 14.3 Å². The lowest BCUT2D eigenvalue weighted by atomic mass is 9.74. The maximum Gasteiger partial charge on any atom is 0.305 e. The van der Waals surface area contributed by atoms with Gasteiger partial charge in [0.25, 0.3) is 5.91 Å². The summed E-state index contributed by atoms with van der Waals surface area (Å²) in [5, 5.41) is 15.8. The number of nitrogens with one attached hydrogen (secondary N) is 1. The number of carbonyl (C=O) groups is 2. The number of carbonyl (C=O) groups excluding carboxylic acids is 1. The summed E-state index contributed by atoms with van der Waals surface area (Å²) in [7, 11) is 1.77. The molecule has 1 amide bonds. The lowest BCUT2D eigenvalue weighted by Gasteiger charge is -2.41. The van der Waals surface area contributed by atoms with E-state index in [1.807, 2.05) is 6.92 Å². The third-order valence-corrected chi connectivity index (χ3v) is 3.66. The van der Waals surface area contributed by atoms with Crippen molar-refractivity contribution in [3.05, 3.63) is 17.5 Å². The molecule has 2 N–H and O–H groups in total. The number of hydrogen-bond donors (Lipinski definition) is 2. The maximum atomic E-state index is 12.1. The Bertz CT molecular complexity index is 489. The second-order valence-electron chi connectivity index (χ2n) is 4.93. The van der Waals surface area contributed by atoms with Gasteiger partial charge < -0.3 is 10.4 Å². The predicted octanol–water partition coefficient (Wildman–Crippen LogP) is 0.856. The Labute approximate surface area is 105 Å². The van der Waals surface area contributed by atoms with Gasteiger partial charge in [-0.15, -0.1) is 0 Å². The Balaban J connectivity index is 2.11. The van der Waals surface area contributed by atoms with Crippen molar-refractivity contribution in [2.45, 2.75) is 38.1 Å². The Morgan fingerprint density at radius 3 is 2.61 bits per heavy atom. The Morgan fingerprint density at radius 1 is 1.56 bits per heavy atom. The lowest BCUT2D eigenvalue weighted by molar-refractivity contribution is -0.139. The van der Waals surface area contributed by atoms with E-state index in [1.165, 1.54) is 6.20 Å². The summed E-state index contributed by atoms with van der Waals surface area (Å²) in [6.07, 6.45) is 3.91. The molecule has 1 aromatic rings. The van der Waals surface area contributed by atoms with Crippen LogP contribution in [0.15, 0.2) is 6.20 Å². The van der Waals surface area contributed by atoms with E-state index in [1.54, 1.807) is 11.7 Å². The fourth-order valence-electron chi connectivity index (χ4n) is 2.27. The molecule has 1 fully saturated rings. The minimum atomic E-state index is -0.877. The average Bonchev–Trinajstić information content (AvgIpc) is 2.56. The minimum absolute atomic E-state index is 0.0158. The van der Waals surface area contributed by atoms with Crippen LogP contribution in [-0.2, 0) is 11.8 Å². The smallest absolute Gasteiger partial charge is 0.305 e. The summed E-state index contributed by atoms with van der Waals surface area (Å²) in [6.45, 7) is 1.81. The van der Waals surface area contributed by atoms with Gasteiger partial charge in [-0.25, -0.2) is 0 Å². The second-order valence-corrected chi connectivity index (χ2v) is 4.93. The molecule has 6 heteroatoms. The maximum absolute atomic E-state index is 12.1. The van der Waals surface area contributed by atoms with Crippen molar-refractivity contribution in [2.75, 3.05) is 0 Å². The van der Waals surface area contributed by atoms with E-state index >= 15 is 0 Å². The third kappa shape index (κ3) is 2.23. The number of rotatable bonds is 4. The van der Waals surface area contributed by atoms with Crippen molar-refractivity contribution in [2.24, 2.45) is 7.05 Å². The molecule has 0 atom stereocenters. The molecule has 6 nitrogen and oxygen atoms in total. The first-order valence-corrected chi connectivity index (χ1v) is 5.96. The Kier molecular flexibility index (Phi) is 3.11. The lowest BCUT2D eigenvalue weighted by Crippen LogP contribution is -2.54. The summed E-state index contributed by atoms with van der Waals surface area (Å²) >= 11 is 0. The van der Waals surface area contributed by atoms with E-state index in [-0.39, 0.29) is 12.3 Å². The van der Waals surface area contributed by atoms with Crippen LogP contribution in [0.2, 0.25) is 0 Å². The molecule has 98 valence electrons. The number of aromatic nitrogens is 2. The number of carboxylic acid groups (broad SMARTS) is 1. The van der Waals surface area contributed by atoms with E-state index in [9.17, 15) is 9.59 Å². The average molecular weight is 251 g/mol.